The van der Waals surface area contributed by atoms with E-state index < -0.39 is 47.1 Å². The number of ether oxygens (including phenoxy) is 3. The Bertz CT molecular complexity index is 739. The lowest BCUT2D eigenvalue weighted by Gasteiger charge is -2.25. The molecule has 0 aromatic carbocycles. The van der Waals surface area contributed by atoms with E-state index in [1.165, 1.54) is 0 Å². The highest BCUT2D eigenvalue weighted by Gasteiger charge is 2.46. The molecule has 1 aliphatic rings. The van der Waals surface area contributed by atoms with Gasteiger partial charge in [0, 0.05) is 12.5 Å². The van der Waals surface area contributed by atoms with E-state index >= 15 is 0 Å². The first-order valence-corrected chi connectivity index (χ1v) is 7.86. The van der Waals surface area contributed by atoms with Crippen LogP contribution in [-0.4, -0.2) is 41.3 Å². The van der Waals surface area contributed by atoms with Gasteiger partial charge in [-0.15, -0.1) is 0 Å². The summed E-state index contributed by atoms with van der Waals surface area (Å²) in [5, 5.41) is 0. The number of esters is 2. The monoisotopic (exact) mass is 358 g/mol. The number of aromatic nitrogens is 2. The molecular weight excluding hydrogens is 339 g/mol. The summed E-state index contributed by atoms with van der Waals surface area (Å²) in [6, 6.07) is 0. The quantitative estimate of drug-likeness (QED) is 0.560. The normalized spacial score (nSPS) is 19.8. The van der Waals surface area contributed by atoms with Gasteiger partial charge in [0.2, 0.25) is 5.82 Å². The van der Waals surface area contributed by atoms with Gasteiger partial charge in [0.1, 0.15) is 6.23 Å². The summed E-state index contributed by atoms with van der Waals surface area (Å²) in [4.78, 5) is 49.4. The fraction of sp³-hybridized carbons (Fsp3) is 0.600. The fourth-order valence-corrected chi connectivity index (χ4v) is 2.77. The number of halogens is 1. The van der Waals surface area contributed by atoms with E-state index in [-0.39, 0.29) is 26.2 Å². The SMILES string of the molecule is CCOC(=O)C(C(=O)OCC)[C@@H]1CCO[C@H]1n1cc(F)c(=O)[nH]c1=O. The highest BCUT2D eigenvalue weighted by molar-refractivity contribution is 5.95. The molecule has 138 valence electrons. The molecule has 2 rings (SSSR count). The van der Waals surface area contributed by atoms with Crippen molar-refractivity contribution >= 4 is 11.9 Å². The summed E-state index contributed by atoms with van der Waals surface area (Å²) in [5.74, 6) is -4.92. The second-order valence-corrected chi connectivity index (χ2v) is 5.34. The molecular formula is C15H19FN2O7. The van der Waals surface area contributed by atoms with Gasteiger partial charge in [0.15, 0.2) is 5.92 Å². The first-order chi connectivity index (χ1) is 11.9. The minimum Gasteiger partial charge on any atom is -0.465 e. The van der Waals surface area contributed by atoms with Crippen molar-refractivity contribution in [2.75, 3.05) is 19.8 Å². The minimum atomic E-state index is -1.32. The van der Waals surface area contributed by atoms with Gasteiger partial charge in [-0.2, -0.15) is 4.39 Å². The van der Waals surface area contributed by atoms with E-state index in [1.807, 2.05) is 4.98 Å². The zero-order valence-electron chi connectivity index (χ0n) is 13.8. The van der Waals surface area contributed by atoms with Gasteiger partial charge in [0.05, 0.1) is 19.4 Å². The Balaban J connectivity index is 2.41. The van der Waals surface area contributed by atoms with E-state index in [0.717, 1.165) is 4.57 Å². The van der Waals surface area contributed by atoms with Gasteiger partial charge in [-0.3, -0.25) is 23.9 Å². The van der Waals surface area contributed by atoms with Crippen molar-refractivity contribution in [3.05, 3.63) is 32.9 Å². The Hall–Kier alpha value is -2.49. The summed E-state index contributed by atoms with van der Waals surface area (Å²) < 4.78 is 29.7. The predicted octanol–water partition coefficient (Wildman–Crippen LogP) is -0.0468. The standard InChI is InChI=1S/C15H19FN2O7/c1-3-23-13(20)10(14(21)24-4-2)8-5-6-25-12(8)18-7-9(16)11(19)17-15(18)22/h7-8,10,12H,3-6H2,1-2H3,(H,17,19,22)/t8-,12+/m0/s1. The number of carbonyl (C=O) groups is 2. The molecule has 25 heavy (non-hydrogen) atoms. The number of hydrogen-bond acceptors (Lipinski definition) is 7. The van der Waals surface area contributed by atoms with Crippen LogP contribution in [0.25, 0.3) is 0 Å². The van der Waals surface area contributed by atoms with Crippen LogP contribution in [-0.2, 0) is 23.8 Å². The van der Waals surface area contributed by atoms with Gasteiger partial charge in [-0.05, 0) is 20.3 Å². The fourth-order valence-electron chi connectivity index (χ4n) is 2.77. The number of rotatable bonds is 6. The van der Waals surface area contributed by atoms with Gasteiger partial charge < -0.3 is 14.2 Å². The van der Waals surface area contributed by atoms with Crippen LogP contribution in [0.4, 0.5) is 4.39 Å². The van der Waals surface area contributed by atoms with Gasteiger partial charge >= 0.3 is 17.6 Å². The topological polar surface area (TPSA) is 117 Å². The van der Waals surface area contributed by atoms with E-state index in [2.05, 4.69) is 0 Å². The second-order valence-electron chi connectivity index (χ2n) is 5.34. The molecule has 0 unspecified atom stereocenters. The first-order valence-electron chi connectivity index (χ1n) is 7.86. The van der Waals surface area contributed by atoms with Crippen molar-refractivity contribution < 1.29 is 28.2 Å². The van der Waals surface area contributed by atoms with Crippen LogP contribution in [0.3, 0.4) is 0 Å². The van der Waals surface area contributed by atoms with Crippen LogP contribution in [0, 0.1) is 17.7 Å². The molecule has 2 atom stereocenters. The van der Waals surface area contributed by atoms with Crippen LogP contribution in [0.2, 0.25) is 0 Å². The third kappa shape index (κ3) is 3.95. The summed E-state index contributed by atoms with van der Waals surface area (Å²) in [6.45, 7) is 3.42. The zero-order valence-corrected chi connectivity index (χ0v) is 13.8. The molecule has 1 aliphatic heterocycles. The van der Waals surface area contributed by atoms with Crippen LogP contribution < -0.4 is 11.2 Å². The molecule has 1 N–H and O–H groups in total. The van der Waals surface area contributed by atoms with Crippen molar-refractivity contribution in [3.8, 4) is 0 Å². The van der Waals surface area contributed by atoms with Crippen molar-refractivity contribution in [1.82, 2.24) is 9.55 Å². The summed E-state index contributed by atoms with van der Waals surface area (Å²) in [7, 11) is 0. The van der Waals surface area contributed by atoms with Crippen molar-refractivity contribution in [2.24, 2.45) is 11.8 Å². The third-order valence-corrected chi connectivity index (χ3v) is 3.81. The lowest BCUT2D eigenvalue weighted by Crippen LogP contribution is -2.41. The molecule has 1 saturated heterocycles. The maximum Gasteiger partial charge on any atom is 0.330 e. The number of aromatic amines is 1. The van der Waals surface area contributed by atoms with Crippen molar-refractivity contribution in [2.45, 2.75) is 26.5 Å². The van der Waals surface area contributed by atoms with E-state index in [4.69, 9.17) is 14.2 Å². The average Bonchev–Trinajstić information content (AvgIpc) is 3.00. The molecule has 0 spiro atoms. The van der Waals surface area contributed by atoms with Gasteiger partial charge in [0.25, 0.3) is 5.56 Å². The Morgan fingerprint density at radius 2 is 1.92 bits per heavy atom. The molecule has 0 radical (unpaired) electrons. The summed E-state index contributed by atoms with van der Waals surface area (Å²) in [5.41, 5.74) is -2.07. The number of nitrogens with zero attached hydrogens (tertiary/aromatic N) is 1. The van der Waals surface area contributed by atoms with Crippen molar-refractivity contribution in [3.63, 3.8) is 0 Å². The number of H-pyrrole nitrogens is 1. The molecule has 1 aromatic heterocycles. The van der Waals surface area contributed by atoms with Crippen molar-refractivity contribution in [1.29, 1.82) is 0 Å². The smallest absolute Gasteiger partial charge is 0.330 e. The molecule has 0 aliphatic carbocycles. The van der Waals surface area contributed by atoms with E-state index in [0.29, 0.717) is 6.20 Å². The van der Waals surface area contributed by atoms with E-state index in [1.54, 1.807) is 13.8 Å². The van der Waals surface area contributed by atoms with E-state index in [9.17, 15) is 23.6 Å². The molecule has 0 bridgehead atoms. The van der Waals surface area contributed by atoms with Gasteiger partial charge in [-0.25, -0.2) is 4.79 Å². The van der Waals surface area contributed by atoms with Crippen LogP contribution in [0.15, 0.2) is 15.8 Å². The lowest BCUT2D eigenvalue weighted by atomic mass is 9.89. The molecule has 9 nitrogen and oxygen atoms in total. The lowest BCUT2D eigenvalue weighted by molar-refractivity contribution is -0.166. The molecule has 1 aromatic rings. The first kappa shape index (κ1) is 18.8. The largest absolute Gasteiger partial charge is 0.465 e. The maximum absolute atomic E-state index is 13.6. The Labute approximate surface area is 141 Å². The molecule has 10 heteroatoms. The molecule has 0 saturated carbocycles. The number of carbonyl (C=O) groups excluding carboxylic acids is 2. The highest BCUT2D eigenvalue weighted by Crippen LogP contribution is 2.36. The van der Waals surface area contributed by atoms with Crippen LogP contribution >= 0.6 is 0 Å². The maximum atomic E-state index is 13.6. The predicted molar refractivity (Wildman–Crippen MR) is 81.1 cm³/mol. The minimum absolute atomic E-state index is 0.0558. The number of nitrogens with one attached hydrogen (secondary N) is 1. The Kier molecular flexibility index (Phi) is 6.07. The second kappa shape index (κ2) is 8.06. The number of hydrogen-bond donors (Lipinski definition) is 1. The molecule has 1 fully saturated rings. The summed E-state index contributed by atoms with van der Waals surface area (Å²) >= 11 is 0. The zero-order chi connectivity index (χ0) is 18.6. The average molecular weight is 358 g/mol. The van der Waals surface area contributed by atoms with Crippen LogP contribution in [0.5, 0.6) is 0 Å². The highest BCUT2D eigenvalue weighted by atomic mass is 19.1. The molecule has 0 amide bonds. The Morgan fingerprint density at radius 3 is 2.48 bits per heavy atom. The Morgan fingerprint density at radius 1 is 1.32 bits per heavy atom. The van der Waals surface area contributed by atoms with Gasteiger partial charge in [-0.1, -0.05) is 0 Å². The third-order valence-electron chi connectivity index (χ3n) is 3.81. The van der Waals surface area contributed by atoms with Crippen LogP contribution in [0.1, 0.15) is 26.5 Å². The summed E-state index contributed by atoms with van der Waals surface area (Å²) in [6.07, 6.45) is -0.171. The molecule has 2 heterocycles.